The summed E-state index contributed by atoms with van der Waals surface area (Å²) in [7, 11) is 0. The molecule has 0 spiro atoms. The van der Waals surface area contributed by atoms with Crippen molar-refractivity contribution < 1.29 is 23.7 Å². The third kappa shape index (κ3) is 6.89. The first-order valence-corrected chi connectivity index (χ1v) is 9.55. The van der Waals surface area contributed by atoms with Crippen molar-refractivity contribution in [2.24, 2.45) is 0 Å². The van der Waals surface area contributed by atoms with Gasteiger partial charge in [0.05, 0.1) is 5.02 Å². The molecule has 0 N–H and O–H groups in total. The molecule has 3 aromatic carbocycles. The fraction of sp³-hybridized carbons (Fsp3) is 0.136. The van der Waals surface area contributed by atoms with E-state index in [1.807, 2.05) is 42.5 Å². The Morgan fingerprint density at radius 2 is 1.52 bits per heavy atom. The van der Waals surface area contributed by atoms with Gasteiger partial charge in [0.2, 0.25) is 0 Å². The molecule has 3 rings (SSSR count). The quantitative estimate of drug-likeness (QED) is 0.316. The van der Waals surface area contributed by atoms with Crippen LogP contribution in [0.15, 0.2) is 72.8 Å². The number of ether oxygens (including phenoxy) is 4. The molecule has 0 aliphatic heterocycles. The molecule has 0 bridgehead atoms. The maximum Gasteiger partial charge on any atom is 0.344 e. The fourth-order valence-corrected chi connectivity index (χ4v) is 2.80. The number of hydrogen-bond donors (Lipinski definition) is 0. The summed E-state index contributed by atoms with van der Waals surface area (Å²) in [6, 6.07) is 21.4. The minimum atomic E-state index is -0.527. The second-order valence-electron chi connectivity index (χ2n) is 5.82. The zero-order valence-electron chi connectivity index (χ0n) is 15.3. The van der Waals surface area contributed by atoms with E-state index in [4.69, 9.17) is 42.1 Å². The molecular weight excluding hydrogens is 415 g/mol. The second-order valence-corrected chi connectivity index (χ2v) is 6.67. The van der Waals surface area contributed by atoms with Gasteiger partial charge < -0.3 is 18.9 Å². The van der Waals surface area contributed by atoms with Crippen molar-refractivity contribution in [2.45, 2.75) is 0 Å². The summed E-state index contributed by atoms with van der Waals surface area (Å²) in [5.41, 5.74) is 0. The van der Waals surface area contributed by atoms with Gasteiger partial charge in [-0.2, -0.15) is 0 Å². The van der Waals surface area contributed by atoms with Crippen molar-refractivity contribution in [3.63, 3.8) is 0 Å². The largest absolute Gasteiger partial charge is 0.490 e. The topological polar surface area (TPSA) is 54.0 Å². The lowest BCUT2D eigenvalue weighted by molar-refractivity contribution is -0.146. The van der Waals surface area contributed by atoms with Crippen LogP contribution in [0.4, 0.5) is 0 Å². The first-order valence-electron chi connectivity index (χ1n) is 8.79. The van der Waals surface area contributed by atoms with Crippen LogP contribution in [-0.4, -0.2) is 25.8 Å². The first-order chi connectivity index (χ1) is 14.1. The van der Waals surface area contributed by atoms with Crippen molar-refractivity contribution in [2.75, 3.05) is 19.8 Å². The predicted molar refractivity (Wildman–Crippen MR) is 111 cm³/mol. The van der Waals surface area contributed by atoms with E-state index in [1.165, 1.54) is 6.07 Å². The van der Waals surface area contributed by atoms with Gasteiger partial charge in [-0.1, -0.05) is 47.5 Å². The Balaban J connectivity index is 1.38. The van der Waals surface area contributed by atoms with Crippen molar-refractivity contribution in [1.29, 1.82) is 0 Å². The Labute approximate surface area is 178 Å². The van der Waals surface area contributed by atoms with Crippen molar-refractivity contribution >= 4 is 29.2 Å². The van der Waals surface area contributed by atoms with Gasteiger partial charge in [-0.05, 0) is 42.5 Å². The van der Waals surface area contributed by atoms with Crippen LogP contribution in [0.1, 0.15) is 0 Å². The molecular formula is C22H18Cl2O5. The molecule has 0 saturated carbocycles. The Hall–Kier alpha value is -2.89. The molecule has 5 nitrogen and oxygen atoms in total. The number of esters is 1. The number of benzene rings is 3. The maximum atomic E-state index is 11.8. The molecule has 0 aliphatic carbocycles. The van der Waals surface area contributed by atoms with Gasteiger partial charge >= 0.3 is 5.97 Å². The predicted octanol–water partition coefficient (Wildman–Crippen LogP) is 5.79. The van der Waals surface area contributed by atoms with Gasteiger partial charge in [0.15, 0.2) is 6.61 Å². The maximum absolute atomic E-state index is 11.8. The molecule has 150 valence electrons. The van der Waals surface area contributed by atoms with Gasteiger partial charge in [-0.3, -0.25) is 0 Å². The van der Waals surface area contributed by atoms with Gasteiger partial charge in [-0.15, -0.1) is 0 Å². The summed E-state index contributed by atoms with van der Waals surface area (Å²) in [6.07, 6.45) is 0. The minimum Gasteiger partial charge on any atom is -0.490 e. The average Bonchev–Trinajstić information content (AvgIpc) is 2.72. The summed E-state index contributed by atoms with van der Waals surface area (Å²) in [6.45, 7) is 0.0182. The summed E-state index contributed by atoms with van der Waals surface area (Å²) >= 11 is 11.8. The first kappa shape index (κ1) is 20.8. The van der Waals surface area contributed by atoms with Crippen LogP contribution in [-0.2, 0) is 9.53 Å². The van der Waals surface area contributed by atoms with Crippen LogP contribution in [0.2, 0.25) is 10.0 Å². The summed E-state index contributed by atoms with van der Waals surface area (Å²) < 4.78 is 21.8. The molecule has 0 heterocycles. The molecule has 0 unspecified atom stereocenters. The van der Waals surface area contributed by atoms with Crippen LogP contribution >= 0.6 is 23.2 Å². The van der Waals surface area contributed by atoms with Crippen LogP contribution in [0.3, 0.4) is 0 Å². The number of rotatable bonds is 9. The zero-order chi connectivity index (χ0) is 20.5. The number of para-hydroxylation sites is 1. The highest BCUT2D eigenvalue weighted by molar-refractivity contribution is 6.35. The van der Waals surface area contributed by atoms with Gasteiger partial charge in [0, 0.05) is 11.1 Å². The van der Waals surface area contributed by atoms with E-state index < -0.39 is 5.97 Å². The molecule has 0 amide bonds. The number of carbonyl (C=O) groups excluding carboxylic acids is 1. The highest BCUT2D eigenvalue weighted by atomic mass is 35.5. The van der Waals surface area contributed by atoms with Crippen molar-refractivity contribution in [3.8, 4) is 23.0 Å². The van der Waals surface area contributed by atoms with Crippen molar-refractivity contribution in [3.05, 3.63) is 82.8 Å². The lowest BCUT2D eigenvalue weighted by atomic mass is 10.3. The van der Waals surface area contributed by atoms with Crippen LogP contribution in [0, 0.1) is 0 Å². The Morgan fingerprint density at radius 3 is 2.31 bits per heavy atom. The fourth-order valence-electron chi connectivity index (χ4n) is 2.34. The zero-order valence-corrected chi connectivity index (χ0v) is 16.9. The van der Waals surface area contributed by atoms with E-state index in [1.54, 1.807) is 24.3 Å². The van der Waals surface area contributed by atoms with E-state index in [2.05, 4.69) is 0 Å². The molecule has 0 radical (unpaired) electrons. The van der Waals surface area contributed by atoms with E-state index in [0.29, 0.717) is 27.3 Å². The standard InChI is InChI=1S/C22H18Cl2O5/c23-16-9-10-21(20(24)13-16)28-15-22(25)27-12-11-26-18-7-4-8-19(14-18)29-17-5-2-1-3-6-17/h1-10,13-14H,11-12,15H2. The van der Waals surface area contributed by atoms with E-state index in [0.717, 1.165) is 5.75 Å². The molecule has 3 aromatic rings. The van der Waals surface area contributed by atoms with Crippen LogP contribution in [0.25, 0.3) is 0 Å². The summed E-state index contributed by atoms with van der Waals surface area (Å²) in [4.78, 5) is 11.8. The molecule has 0 aromatic heterocycles. The van der Waals surface area contributed by atoms with Gasteiger partial charge in [0.1, 0.15) is 36.2 Å². The van der Waals surface area contributed by atoms with E-state index in [9.17, 15) is 4.79 Å². The Bertz CT molecular complexity index is 947. The number of carbonyl (C=O) groups is 1. The lowest BCUT2D eigenvalue weighted by Gasteiger charge is -2.10. The average molecular weight is 433 g/mol. The Morgan fingerprint density at radius 1 is 0.759 bits per heavy atom. The molecule has 0 fully saturated rings. The lowest BCUT2D eigenvalue weighted by Crippen LogP contribution is -2.18. The smallest absolute Gasteiger partial charge is 0.344 e. The minimum absolute atomic E-state index is 0.0836. The molecule has 0 saturated heterocycles. The molecule has 7 heteroatoms. The highest BCUT2D eigenvalue weighted by Crippen LogP contribution is 2.27. The monoisotopic (exact) mass is 432 g/mol. The molecule has 0 atom stereocenters. The normalized spacial score (nSPS) is 10.3. The third-order valence-corrected chi connectivity index (χ3v) is 4.17. The van der Waals surface area contributed by atoms with Gasteiger partial charge in [0.25, 0.3) is 0 Å². The molecule has 29 heavy (non-hydrogen) atoms. The molecule has 0 aliphatic rings. The van der Waals surface area contributed by atoms with E-state index >= 15 is 0 Å². The Kier molecular flexibility index (Phi) is 7.61. The van der Waals surface area contributed by atoms with Crippen LogP contribution in [0.5, 0.6) is 23.0 Å². The van der Waals surface area contributed by atoms with Gasteiger partial charge in [-0.25, -0.2) is 4.79 Å². The number of hydrogen-bond acceptors (Lipinski definition) is 5. The number of halogens is 2. The second kappa shape index (κ2) is 10.6. The SMILES string of the molecule is O=C(COc1ccc(Cl)cc1Cl)OCCOc1cccc(Oc2ccccc2)c1. The third-order valence-electron chi connectivity index (χ3n) is 3.64. The van der Waals surface area contributed by atoms with E-state index in [-0.39, 0.29) is 19.8 Å². The van der Waals surface area contributed by atoms with Crippen molar-refractivity contribution in [1.82, 2.24) is 0 Å². The summed E-state index contributed by atoms with van der Waals surface area (Å²) in [5, 5.41) is 0.812. The van der Waals surface area contributed by atoms with Crippen LogP contribution < -0.4 is 14.2 Å². The summed E-state index contributed by atoms with van der Waals surface area (Å²) in [5.74, 6) is 1.83. The highest BCUT2D eigenvalue weighted by Gasteiger charge is 2.08.